The number of hydrogen-bond acceptors (Lipinski definition) is 7. The first kappa shape index (κ1) is 80.7. The van der Waals surface area contributed by atoms with Crippen molar-refractivity contribution in [1.82, 2.24) is 0 Å². The Hall–Kier alpha value is 1.41. The molecule has 0 aromatic heterocycles. The standard InChI is InChI=1S/C17H42O4Si5.C9H28O3Si4.C7H10.10CH4/c1-22(18-23(2,3)4)19-26(10,17-14-15-11-12-16(17)13-15)21-25(8,9)20-24(5,6)7;1-13(10-14(2,3)4)11-16(8,9)12-15(5,6)7;1-2-7-4-3-6(1)5-7;;;;;;;;;;/h15-17,22H,11-14H2,1-10H3;13H,1-9H3;1-2,6-7H,3-5H2;10*1H4. The summed E-state index contributed by atoms with van der Waals surface area (Å²) in [6.45, 7) is 42.1. The molecule has 4 aliphatic rings. The molecule has 0 heterocycles. The van der Waals surface area contributed by atoms with Crippen LogP contribution in [-0.2, 0) is 28.8 Å². The van der Waals surface area contributed by atoms with Crippen LogP contribution in [0, 0.1) is 23.7 Å². The fourth-order valence-electron chi connectivity index (χ4n) is 8.57. The molecule has 0 aromatic rings. The molecule has 0 amide bonds. The van der Waals surface area contributed by atoms with Gasteiger partial charge in [-0.25, -0.2) is 0 Å². The van der Waals surface area contributed by atoms with Gasteiger partial charge in [0.05, 0.1) is 0 Å². The molecule has 8 unspecified atom stereocenters. The van der Waals surface area contributed by atoms with Crippen LogP contribution in [0.15, 0.2) is 12.2 Å². The molecule has 0 aliphatic heterocycles. The van der Waals surface area contributed by atoms with E-state index in [0.29, 0.717) is 5.54 Å². The normalized spacial score (nSPS) is 23.3. The smallest absolute Gasteiger partial charge is 0.320 e. The van der Waals surface area contributed by atoms with Crippen molar-refractivity contribution in [3.8, 4) is 0 Å². The van der Waals surface area contributed by atoms with Gasteiger partial charge in [0.25, 0.3) is 18.6 Å². The Balaban J connectivity index is -0.0000000943. The maximum absolute atomic E-state index is 6.96. The van der Waals surface area contributed by atoms with Gasteiger partial charge in [0.2, 0.25) is 0 Å². The summed E-state index contributed by atoms with van der Waals surface area (Å²) in [4.78, 5) is 0. The molecule has 4 bridgehead atoms. The molecule has 0 saturated heterocycles. The fraction of sp³-hybridized carbons (Fsp3) is 0.953. The second-order valence-electron chi connectivity index (χ2n) is 20.2. The molecular formula is C43H120O7Si9. The van der Waals surface area contributed by atoms with Crippen LogP contribution >= 0.6 is 0 Å². The SMILES string of the molecule is C.C.C.C.C.C.C.C.C.C.C1=CC2CCC1C2.C[SiH](O[Si](C)(C)C)O[Si](C)(C)O[Si](C)(C)C.C[SiH](O[Si](C)(C)C)O[Si](C)(O[Si](C)(C)O[Si](C)(C)C)C1CC2CCC1C2. The molecule has 3 fully saturated rings. The Morgan fingerprint density at radius 3 is 1.03 bits per heavy atom. The Labute approximate surface area is 389 Å². The monoisotopic (exact) mass is 1000 g/mol. The summed E-state index contributed by atoms with van der Waals surface area (Å²) < 4.78 is 45.0. The van der Waals surface area contributed by atoms with E-state index in [1.54, 1.807) is 0 Å². The maximum atomic E-state index is 6.96. The quantitative estimate of drug-likeness (QED) is 0.120. The van der Waals surface area contributed by atoms with Gasteiger partial charge in [-0.2, -0.15) is 0 Å². The van der Waals surface area contributed by atoms with Crippen LogP contribution in [0.25, 0.3) is 0 Å². The van der Waals surface area contributed by atoms with Crippen molar-refractivity contribution in [3.63, 3.8) is 0 Å². The van der Waals surface area contributed by atoms with Crippen LogP contribution in [-0.4, -0.2) is 77.5 Å². The average molecular weight is 1000 g/mol. The minimum atomic E-state index is -2.35. The third-order valence-corrected chi connectivity index (χ3v) is 38.6. The summed E-state index contributed by atoms with van der Waals surface area (Å²) in [5.74, 6) is 3.69. The Kier molecular flexibility index (Phi) is 42.9. The van der Waals surface area contributed by atoms with Gasteiger partial charge in [-0.3, -0.25) is 0 Å². The van der Waals surface area contributed by atoms with Gasteiger partial charge in [0, 0.05) is 5.54 Å². The van der Waals surface area contributed by atoms with E-state index in [0.717, 1.165) is 23.7 Å². The summed E-state index contributed by atoms with van der Waals surface area (Å²) in [5, 5.41) is 0. The first-order valence-corrected chi connectivity index (χ1v) is 45.2. The zero-order valence-electron chi connectivity index (χ0n) is 35.5. The van der Waals surface area contributed by atoms with Crippen LogP contribution in [0.3, 0.4) is 0 Å². The molecule has 370 valence electrons. The lowest BCUT2D eigenvalue weighted by Crippen LogP contribution is -2.59. The Morgan fingerprint density at radius 1 is 0.390 bits per heavy atom. The lowest BCUT2D eigenvalue weighted by Gasteiger charge is -2.45. The Bertz CT molecular complexity index is 1050. The van der Waals surface area contributed by atoms with Gasteiger partial charge >= 0.3 is 25.7 Å². The van der Waals surface area contributed by atoms with E-state index < -0.39 is 77.5 Å². The lowest BCUT2D eigenvalue weighted by molar-refractivity contribution is 0.274. The molecule has 4 aliphatic carbocycles. The van der Waals surface area contributed by atoms with Crippen molar-refractivity contribution in [2.45, 2.75) is 249 Å². The van der Waals surface area contributed by atoms with Crippen molar-refractivity contribution in [1.29, 1.82) is 0 Å². The summed E-state index contributed by atoms with van der Waals surface area (Å²) in [5.41, 5.74) is 0.624. The zero-order valence-corrected chi connectivity index (χ0v) is 44.8. The highest BCUT2D eigenvalue weighted by Gasteiger charge is 2.56. The van der Waals surface area contributed by atoms with Gasteiger partial charge in [-0.05, 0) is 180 Å². The summed E-state index contributed by atoms with van der Waals surface area (Å²) in [6.07, 6.45) is 14.7. The Morgan fingerprint density at radius 2 is 0.763 bits per heavy atom. The largest absolute Gasteiger partial charge is 0.439 e. The van der Waals surface area contributed by atoms with E-state index in [9.17, 15) is 0 Å². The lowest BCUT2D eigenvalue weighted by atomic mass is 10.0. The molecule has 0 radical (unpaired) electrons. The maximum Gasteiger partial charge on any atom is 0.320 e. The number of hydrogen-bond donors (Lipinski definition) is 0. The molecule has 16 heteroatoms. The van der Waals surface area contributed by atoms with Gasteiger partial charge in [0.1, 0.15) is 0 Å². The molecule has 59 heavy (non-hydrogen) atoms. The van der Waals surface area contributed by atoms with E-state index in [4.69, 9.17) is 28.8 Å². The van der Waals surface area contributed by atoms with Gasteiger partial charge in [-0.1, -0.05) is 99.3 Å². The second-order valence-corrected chi connectivity index (χ2v) is 53.9. The van der Waals surface area contributed by atoms with E-state index >= 15 is 0 Å². The third kappa shape index (κ3) is 33.5. The minimum absolute atomic E-state index is 0. The first-order valence-electron chi connectivity index (χ1n) is 19.3. The number of rotatable bonds is 15. The van der Waals surface area contributed by atoms with Crippen LogP contribution in [0.2, 0.25) is 130 Å². The summed E-state index contributed by atoms with van der Waals surface area (Å²) in [6, 6.07) is 0. The summed E-state index contributed by atoms with van der Waals surface area (Å²) >= 11 is 0. The molecule has 0 N–H and O–H groups in total. The van der Waals surface area contributed by atoms with E-state index in [1.807, 2.05) is 0 Å². The third-order valence-electron chi connectivity index (χ3n) is 9.02. The predicted molar refractivity (Wildman–Crippen MR) is 300 cm³/mol. The highest BCUT2D eigenvalue weighted by molar-refractivity contribution is 6.88. The van der Waals surface area contributed by atoms with E-state index in [2.05, 4.69) is 137 Å². The fourth-order valence-corrected chi connectivity index (χ4v) is 44.3. The molecule has 0 spiro atoms. The van der Waals surface area contributed by atoms with Crippen LogP contribution in [0.4, 0.5) is 0 Å². The van der Waals surface area contributed by atoms with Crippen LogP contribution in [0.1, 0.15) is 119 Å². The van der Waals surface area contributed by atoms with Crippen LogP contribution in [0.5, 0.6) is 0 Å². The summed E-state index contributed by atoms with van der Waals surface area (Å²) in [7, 11) is -16.0. The zero-order chi connectivity index (χ0) is 37.9. The average Bonchev–Trinajstić information content (AvgIpc) is 3.61. The second kappa shape index (κ2) is 31.3. The molecule has 3 saturated carbocycles. The van der Waals surface area contributed by atoms with Crippen molar-refractivity contribution < 1.29 is 28.8 Å². The van der Waals surface area contributed by atoms with Crippen molar-refractivity contribution in [2.75, 3.05) is 0 Å². The number of allylic oxidation sites excluding steroid dienone is 2. The predicted octanol–water partition coefficient (Wildman–Crippen LogP) is 17.1. The topological polar surface area (TPSA) is 64.6 Å². The minimum Gasteiger partial charge on any atom is -0.439 e. The van der Waals surface area contributed by atoms with E-state index in [-0.39, 0.29) is 74.3 Å². The molecular weight excluding hydrogens is 881 g/mol. The highest BCUT2D eigenvalue weighted by atomic mass is 28.5. The van der Waals surface area contributed by atoms with Gasteiger partial charge in [-0.15, -0.1) is 0 Å². The van der Waals surface area contributed by atoms with Crippen LogP contribution < -0.4 is 0 Å². The molecule has 7 nitrogen and oxygen atoms in total. The first-order chi connectivity index (χ1) is 21.8. The molecule has 8 atom stereocenters. The molecule has 0 aromatic carbocycles. The van der Waals surface area contributed by atoms with Gasteiger partial charge < -0.3 is 28.8 Å². The number of fused-ring (bicyclic) bond motifs is 4. The van der Waals surface area contributed by atoms with Crippen molar-refractivity contribution in [2.24, 2.45) is 23.7 Å². The van der Waals surface area contributed by atoms with Gasteiger partial charge in [0.15, 0.2) is 33.3 Å². The van der Waals surface area contributed by atoms with E-state index in [1.165, 1.54) is 44.9 Å². The van der Waals surface area contributed by atoms with Crippen molar-refractivity contribution >= 4 is 77.5 Å². The molecule has 4 rings (SSSR count). The highest BCUT2D eigenvalue weighted by Crippen LogP contribution is 2.56. The van der Waals surface area contributed by atoms with Crippen molar-refractivity contribution in [3.05, 3.63) is 12.2 Å².